The fourth-order valence-electron chi connectivity index (χ4n) is 2.37. The van der Waals surface area contributed by atoms with Gasteiger partial charge in [0.15, 0.2) is 5.13 Å². The maximum atomic E-state index is 14.0. The number of halogens is 2. The van der Waals surface area contributed by atoms with Crippen molar-refractivity contribution in [2.45, 2.75) is 6.54 Å². The molecule has 0 spiro atoms. The minimum Gasteiger partial charge on any atom is -0.467 e. The minimum atomic E-state index is -0.399. The molecule has 4 rings (SSSR count). The number of amides is 1. The zero-order valence-corrected chi connectivity index (χ0v) is 15.8. The quantitative estimate of drug-likeness (QED) is 0.412. The van der Waals surface area contributed by atoms with Crippen LogP contribution in [0.15, 0.2) is 56.9 Å². The van der Waals surface area contributed by atoms with Crippen LogP contribution in [0.2, 0.25) is 0 Å². The lowest BCUT2D eigenvalue weighted by Crippen LogP contribution is -2.29. The van der Waals surface area contributed by atoms with Crippen molar-refractivity contribution in [3.05, 3.63) is 69.0 Å². The molecule has 4 aromatic rings. The lowest BCUT2D eigenvalue weighted by molar-refractivity contribution is 0.0987. The third kappa shape index (κ3) is 3.24. The van der Waals surface area contributed by atoms with Crippen LogP contribution >= 0.6 is 38.6 Å². The van der Waals surface area contributed by atoms with Crippen molar-refractivity contribution in [3.8, 4) is 0 Å². The second-order valence-electron chi connectivity index (χ2n) is 5.16. The second-order valence-corrected chi connectivity index (χ2v) is 8.63. The predicted octanol–water partition coefficient (Wildman–Crippen LogP) is 5.70. The maximum absolute atomic E-state index is 14.0. The Labute approximate surface area is 158 Å². The van der Waals surface area contributed by atoms with Gasteiger partial charge in [0.05, 0.1) is 26.2 Å². The van der Waals surface area contributed by atoms with Gasteiger partial charge < -0.3 is 4.42 Å². The molecule has 1 aromatic carbocycles. The first-order valence-corrected chi connectivity index (χ1v) is 9.69. The van der Waals surface area contributed by atoms with Gasteiger partial charge in [-0.05, 0) is 52.3 Å². The third-order valence-electron chi connectivity index (χ3n) is 3.51. The number of hydrogen-bond donors (Lipinski definition) is 0. The maximum Gasteiger partial charge on any atom is 0.270 e. The molecule has 0 N–H and O–H groups in total. The Hall–Kier alpha value is -2.03. The van der Waals surface area contributed by atoms with Crippen LogP contribution in [0.25, 0.3) is 10.2 Å². The average molecular weight is 437 g/mol. The summed E-state index contributed by atoms with van der Waals surface area (Å²) < 4.78 is 20.9. The van der Waals surface area contributed by atoms with Crippen molar-refractivity contribution in [3.63, 3.8) is 0 Å². The Morgan fingerprint density at radius 1 is 1.20 bits per heavy atom. The lowest BCUT2D eigenvalue weighted by atomic mass is 10.3. The largest absolute Gasteiger partial charge is 0.467 e. The van der Waals surface area contributed by atoms with Crippen LogP contribution in [0.1, 0.15) is 15.4 Å². The summed E-state index contributed by atoms with van der Waals surface area (Å²) in [6.07, 6.45) is 1.55. The first kappa shape index (κ1) is 16.4. The number of thiophene rings is 1. The van der Waals surface area contributed by atoms with Gasteiger partial charge in [0.1, 0.15) is 17.1 Å². The van der Waals surface area contributed by atoms with E-state index in [4.69, 9.17) is 4.42 Å². The van der Waals surface area contributed by atoms with Crippen LogP contribution in [-0.2, 0) is 6.54 Å². The van der Waals surface area contributed by atoms with Gasteiger partial charge in [-0.3, -0.25) is 9.69 Å². The molecule has 0 atom stereocenters. The van der Waals surface area contributed by atoms with Crippen LogP contribution in [0.3, 0.4) is 0 Å². The number of aromatic nitrogens is 1. The number of furan rings is 1. The number of para-hydroxylation sites is 1. The van der Waals surface area contributed by atoms with E-state index in [1.54, 1.807) is 36.6 Å². The molecule has 0 fully saturated rings. The van der Waals surface area contributed by atoms with Gasteiger partial charge in [-0.1, -0.05) is 17.4 Å². The Morgan fingerprint density at radius 2 is 2.08 bits per heavy atom. The number of carbonyl (C=O) groups excluding carboxylic acids is 1. The Kier molecular flexibility index (Phi) is 4.41. The standard InChI is InChI=1S/C17H10BrFN2O2S2/c18-14-7-6-13(24-14)16(22)21(9-10-3-2-8-23-10)17-20-15-11(19)4-1-5-12(15)25-17/h1-8H,9H2. The highest BCUT2D eigenvalue weighted by Crippen LogP contribution is 2.33. The Morgan fingerprint density at radius 3 is 2.76 bits per heavy atom. The number of hydrogen-bond acceptors (Lipinski definition) is 5. The third-order valence-corrected chi connectivity index (χ3v) is 6.17. The summed E-state index contributed by atoms with van der Waals surface area (Å²) in [6, 6.07) is 11.9. The molecule has 0 saturated carbocycles. The van der Waals surface area contributed by atoms with E-state index in [1.807, 2.05) is 6.07 Å². The molecule has 0 saturated heterocycles. The van der Waals surface area contributed by atoms with Crippen LogP contribution < -0.4 is 4.90 Å². The van der Waals surface area contributed by atoms with Crippen molar-refractivity contribution in [2.75, 3.05) is 4.90 Å². The molecule has 1 amide bonds. The summed E-state index contributed by atoms with van der Waals surface area (Å²) in [5.41, 5.74) is 0.270. The molecular formula is C17H10BrFN2O2S2. The van der Waals surface area contributed by atoms with E-state index in [0.29, 0.717) is 20.5 Å². The van der Waals surface area contributed by atoms with E-state index in [2.05, 4.69) is 20.9 Å². The molecule has 4 nitrogen and oxygen atoms in total. The van der Waals surface area contributed by atoms with E-state index < -0.39 is 5.82 Å². The highest BCUT2D eigenvalue weighted by molar-refractivity contribution is 9.11. The van der Waals surface area contributed by atoms with E-state index in [-0.39, 0.29) is 18.0 Å². The van der Waals surface area contributed by atoms with E-state index >= 15 is 0 Å². The zero-order valence-electron chi connectivity index (χ0n) is 12.6. The summed E-state index contributed by atoms with van der Waals surface area (Å²) in [4.78, 5) is 19.4. The van der Waals surface area contributed by atoms with Crippen LogP contribution in [0.5, 0.6) is 0 Å². The van der Waals surface area contributed by atoms with E-state index in [0.717, 1.165) is 3.79 Å². The van der Waals surface area contributed by atoms with Crippen LogP contribution in [0.4, 0.5) is 9.52 Å². The minimum absolute atomic E-state index is 0.202. The summed E-state index contributed by atoms with van der Waals surface area (Å²) in [7, 11) is 0. The molecule has 0 radical (unpaired) electrons. The fraction of sp³-hybridized carbons (Fsp3) is 0.0588. The van der Waals surface area contributed by atoms with Gasteiger partial charge in [0.25, 0.3) is 5.91 Å². The topological polar surface area (TPSA) is 46.3 Å². The molecular weight excluding hydrogens is 427 g/mol. The van der Waals surface area contributed by atoms with Gasteiger partial charge in [-0.15, -0.1) is 11.3 Å². The number of rotatable bonds is 4. The highest BCUT2D eigenvalue weighted by Gasteiger charge is 2.24. The van der Waals surface area contributed by atoms with Crippen molar-refractivity contribution >= 4 is 59.9 Å². The van der Waals surface area contributed by atoms with Crippen molar-refractivity contribution in [2.24, 2.45) is 0 Å². The molecule has 25 heavy (non-hydrogen) atoms. The first-order valence-electron chi connectivity index (χ1n) is 7.26. The molecule has 0 aliphatic heterocycles. The normalized spacial score (nSPS) is 11.1. The molecule has 0 aliphatic rings. The summed E-state index contributed by atoms with van der Waals surface area (Å²) >= 11 is 5.99. The van der Waals surface area contributed by atoms with Crippen molar-refractivity contribution in [1.82, 2.24) is 4.98 Å². The van der Waals surface area contributed by atoms with Gasteiger partial charge in [0, 0.05) is 0 Å². The summed E-state index contributed by atoms with van der Waals surface area (Å²) in [5.74, 6) is 0.0273. The molecule has 0 aliphatic carbocycles. The molecule has 8 heteroatoms. The predicted molar refractivity (Wildman–Crippen MR) is 101 cm³/mol. The van der Waals surface area contributed by atoms with Gasteiger partial charge in [-0.25, -0.2) is 9.37 Å². The molecule has 0 unspecified atom stereocenters. The SMILES string of the molecule is O=C(c1ccc(Br)s1)N(Cc1ccco1)c1nc2c(F)cccc2s1. The monoisotopic (exact) mass is 436 g/mol. The van der Waals surface area contributed by atoms with Gasteiger partial charge in [-0.2, -0.15) is 0 Å². The summed E-state index contributed by atoms with van der Waals surface area (Å²) in [6.45, 7) is 0.225. The lowest BCUT2D eigenvalue weighted by Gasteiger charge is -2.17. The summed E-state index contributed by atoms with van der Waals surface area (Å²) in [5, 5.41) is 0.436. The number of nitrogens with zero attached hydrogens (tertiary/aromatic N) is 2. The first-order chi connectivity index (χ1) is 12.1. The number of benzene rings is 1. The molecule has 0 bridgehead atoms. The Balaban J connectivity index is 1.78. The van der Waals surface area contributed by atoms with Crippen molar-refractivity contribution < 1.29 is 13.6 Å². The molecule has 3 aromatic heterocycles. The van der Waals surface area contributed by atoms with E-state index in [1.165, 1.54) is 33.6 Å². The number of anilines is 1. The molecule has 126 valence electrons. The zero-order chi connectivity index (χ0) is 17.4. The van der Waals surface area contributed by atoms with E-state index in [9.17, 15) is 9.18 Å². The van der Waals surface area contributed by atoms with Crippen LogP contribution in [-0.4, -0.2) is 10.9 Å². The van der Waals surface area contributed by atoms with Crippen molar-refractivity contribution in [1.29, 1.82) is 0 Å². The van der Waals surface area contributed by atoms with Gasteiger partial charge in [0.2, 0.25) is 0 Å². The second kappa shape index (κ2) is 6.70. The van der Waals surface area contributed by atoms with Crippen LogP contribution in [0, 0.1) is 5.82 Å². The number of carbonyl (C=O) groups is 1. The molecule has 3 heterocycles. The number of fused-ring (bicyclic) bond motifs is 1. The highest BCUT2D eigenvalue weighted by atomic mass is 79.9. The Bertz CT molecular complexity index is 1040. The average Bonchev–Trinajstić information content (AvgIpc) is 3.32. The van der Waals surface area contributed by atoms with Gasteiger partial charge >= 0.3 is 0 Å². The smallest absolute Gasteiger partial charge is 0.270 e. The number of thiazole rings is 1. The fourth-order valence-corrected chi connectivity index (χ4v) is 4.68.